The van der Waals surface area contributed by atoms with Gasteiger partial charge >= 0.3 is 0 Å². The van der Waals surface area contributed by atoms with Gasteiger partial charge in [-0.15, -0.1) is 0 Å². The molecule has 2 aliphatic rings. The van der Waals surface area contributed by atoms with E-state index < -0.39 is 0 Å². The number of guanidine groups is 1. The van der Waals surface area contributed by atoms with Crippen LogP contribution in [0.25, 0.3) is 0 Å². The number of para-hydroxylation sites is 2. The van der Waals surface area contributed by atoms with Gasteiger partial charge in [0.25, 0.3) is 5.91 Å². The third kappa shape index (κ3) is 5.88. The first-order chi connectivity index (χ1) is 14.7. The molecule has 1 saturated carbocycles. The molecule has 0 aromatic heterocycles. The third-order valence-electron chi connectivity index (χ3n) is 6.13. The van der Waals surface area contributed by atoms with Crippen molar-refractivity contribution in [2.45, 2.75) is 51.9 Å². The predicted octanol–water partition coefficient (Wildman–Crippen LogP) is 2.69. The van der Waals surface area contributed by atoms with Crippen LogP contribution in [-0.4, -0.2) is 56.4 Å². The van der Waals surface area contributed by atoms with E-state index in [1.807, 2.05) is 29.2 Å². The van der Waals surface area contributed by atoms with Gasteiger partial charge in [-0.2, -0.15) is 0 Å². The summed E-state index contributed by atoms with van der Waals surface area (Å²) >= 11 is 0. The Morgan fingerprint density at radius 2 is 2.03 bits per heavy atom. The van der Waals surface area contributed by atoms with Gasteiger partial charge in [0.2, 0.25) is 0 Å². The Morgan fingerprint density at radius 3 is 2.80 bits per heavy atom. The van der Waals surface area contributed by atoms with Crippen molar-refractivity contribution in [1.82, 2.24) is 10.6 Å². The van der Waals surface area contributed by atoms with E-state index in [0.717, 1.165) is 62.7 Å². The van der Waals surface area contributed by atoms with Crippen LogP contribution < -0.4 is 20.3 Å². The van der Waals surface area contributed by atoms with Gasteiger partial charge in [-0.1, -0.05) is 31.4 Å². The Kier molecular flexibility index (Phi) is 8.37. The number of carbonyl (C=O) groups is 1. The number of nitrogens with one attached hydrogen (secondary N) is 2. The van der Waals surface area contributed by atoms with Gasteiger partial charge < -0.3 is 25.4 Å². The molecule has 30 heavy (non-hydrogen) atoms. The van der Waals surface area contributed by atoms with Crippen LogP contribution in [0.2, 0.25) is 0 Å². The van der Waals surface area contributed by atoms with E-state index in [4.69, 9.17) is 9.73 Å². The van der Waals surface area contributed by atoms with Gasteiger partial charge in [0, 0.05) is 32.8 Å². The maximum absolute atomic E-state index is 12.3. The van der Waals surface area contributed by atoms with Gasteiger partial charge in [0.05, 0.1) is 5.69 Å². The van der Waals surface area contributed by atoms with Gasteiger partial charge in [0.15, 0.2) is 12.6 Å². The molecule has 1 aliphatic carbocycles. The fourth-order valence-corrected chi connectivity index (χ4v) is 4.46. The summed E-state index contributed by atoms with van der Waals surface area (Å²) in [5.74, 6) is 1.58. The molecule has 1 fully saturated rings. The van der Waals surface area contributed by atoms with Gasteiger partial charge in [-0.05, 0) is 50.2 Å². The monoisotopic (exact) mass is 416 g/mol. The number of nitrogens with zero attached hydrogens (tertiary/aromatic N) is 2. The Bertz CT molecular complexity index is 711. The minimum absolute atomic E-state index is 0.00230. The first kappa shape index (κ1) is 22.4. The average Bonchev–Trinajstić information content (AvgIpc) is 2.77. The number of aliphatic hydroxyl groups is 1. The molecule has 1 aliphatic heterocycles. The van der Waals surface area contributed by atoms with Crippen LogP contribution >= 0.6 is 0 Å². The van der Waals surface area contributed by atoms with E-state index in [1.54, 1.807) is 0 Å². The van der Waals surface area contributed by atoms with Gasteiger partial charge in [-0.3, -0.25) is 9.79 Å². The van der Waals surface area contributed by atoms with E-state index in [2.05, 4.69) is 17.6 Å². The number of carbonyl (C=O) groups excluding carboxylic acids is 1. The van der Waals surface area contributed by atoms with Crippen molar-refractivity contribution in [3.05, 3.63) is 24.3 Å². The zero-order valence-corrected chi connectivity index (χ0v) is 18.2. The zero-order chi connectivity index (χ0) is 21.2. The fourth-order valence-electron chi connectivity index (χ4n) is 4.46. The number of amides is 1. The lowest BCUT2D eigenvalue weighted by molar-refractivity contribution is -0.121. The maximum atomic E-state index is 12.3. The normalized spacial score (nSPS) is 18.5. The van der Waals surface area contributed by atoms with Crippen LogP contribution in [-0.2, 0) is 4.79 Å². The number of aliphatic hydroxyl groups excluding tert-OH is 1. The molecule has 1 aromatic carbocycles. The number of aliphatic imine (C=N–C) groups is 1. The van der Waals surface area contributed by atoms with Crippen molar-refractivity contribution < 1.29 is 14.6 Å². The van der Waals surface area contributed by atoms with Crippen LogP contribution in [0.1, 0.15) is 51.9 Å². The number of hydrogen-bond acceptors (Lipinski definition) is 4. The molecule has 7 heteroatoms. The summed E-state index contributed by atoms with van der Waals surface area (Å²) in [6.45, 7) is 5.30. The van der Waals surface area contributed by atoms with E-state index in [9.17, 15) is 9.90 Å². The largest absolute Gasteiger partial charge is 0.482 e. The van der Waals surface area contributed by atoms with Crippen molar-refractivity contribution >= 4 is 17.6 Å². The van der Waals surface area contributed by atoms with Crippen molar-refractivity contribution in [2.24, 2.45) is 10.4 Å². The van der Waals surface area contributed by atoms with Crippen LogP contribution in [0.3, 0.4) is 0 Å². The highest BCUT2D eigenvalue weighted by molar-refractivity contribution is 5.97. The van der Waals surface area contributed by atoms with Crippen LogP contribution in [0.5, 0.6) is 5.75 Å². The Hall–Kier alpha value is -2.28. The predicted molar refractivity (Wildman–Crippen MR) is 120 cm³/mol. The summed E-state index contributed by atoms with van der Waals surface area (Å²) in [5, 5.41) is 16.2. The molecule has 0 saturated heterocycles. The molecule has 0 spiro atoms. The Balaban J connectivity index is 1.52. The third-order valence-corrected chi connectivity index (χ3v) is 6.13. The molecule has 1 amide bonds. The standard InChI is InChI=1S/C23H36N4O3/c1-2-24-22(26-18-23(13-16-28)11-6-3-7-12-23)25-14-8-15-27-19-9-4-5-10-20(19)30-17-21(27)29/h4-5,9-10,28H,2-3,6-8,11-18H2,1H3,(H2,24,25,26). The number of rotatable bonds is 9. The van der Waals surface area contributed by atoms with Crippen molar-refractivity contribution in [3.8, 4) is 5.75 Å². The molecule has 0 atom stereocenters. The van der Waals surface area contributed by atoms with Crippen LogP contribution in [0.4, 0.5) is 5.69 Å². The van der Waals surface area contributed by atoms with Gasteiger partial charge in [-0.25, -0.2) is 0 Å². The van der Waals surface area contributed by atoms with Crippen molar-refractivity contribution in [2.75, 3.05) is 44.3 Å². The highest BCUT2D eigenvalue weighted by Crippen LogP contribution is 2.39. The molecular formula is C23H36N4O3. The summed E-state index contributed by atoms with van der Waals surface area (Å²) in [5.41, 5.74) is 0.983. The van der Waals surface area contributed by atoms with Crippen molar-refractivity contribution in [3.63, 3.8) is 0 Å². The number of fused-ring (bicyclic) bond motifs is 1. The molecule has 0 bridgehead atoms. The van der Waals surface area contributed by atoms with E-state index >= 15 is 0 Å². The lowest BCUT2D eigenvalue weighted by Gasteiger charge is -2.35. The molecule has 0 radical (unpaired) electrons. The minimum atomic E-state index is -0.00230. The smallest absolute Gasteiger partial charge is 0.265 e. The zero-order valence-electron chi connectivity index (χ0n) is 18.2. The van der Waals surface area contributed by atoms with Gasteiger partial charge in [0.1, 0.15) is 5.75 Å². The molecular weight excluding hydrogens is 380 g/mol. The van der Waals surface area contributed by atoms with Crippen LogP contribution in [0, 0.1) is 5.41 Å². The first-order valence-electron chi connectivity index (χ1n) is 11.3. The summed E-state index contributed by atoms with van der Waals surface area (Å²) < 4.78 is 5.51. The molecule has 3 N–H and O–H groups in total. The lowest BCUT2D eigenvalue weighted by Crippen LogP contribution is -2.42. The quantitative estimate of drug-likeness (QED) is 0.327. The van der Waals surface area contributed by atoms with E-state index in [1.165, 1.54) is 19.3 Å². The van der Waals surface area contributed by atoms with E-state index in [0.29, 0.717) is 6.54 Å². The summed E-state index contributed by atoms with van der Waals surface area (Å²) in [6, 6.07) is 7.67. The second-order valence-corrected chi connectivity index (χ2v) is 8.31. The molecule has 7 nitrogen and oxygen atoms in total. The summed E-state index contributed by atoms with van der Waals surface area (Å²) in [4.78, 5) is 18.9. The second-order valence-electron chi connectivity index (χ2n) is 8.31. The Labute approximate surface area is 179 Å². The van der Waals surface area contributed by atoms with Crippen molar-refractivity contribution in [1.29, 1.82) is 0 Å². The topological polar surface area (TPSA) is 86.2 Å². The highest BCUT2D eigenvalue weighted by atomic mass is 16.5. The molecule has 0 unspecified atom stereocenters. The van der Waals surface area contributed by atoms with E-state index in [-0.39, 0.29) is 24.5 Å². The second kappa shape index (κ2) is 11.2. The number of hydrogen-bond donors (Lipinski definition) is 3. The number of benzene rings is 1. The molecule has 3 rings (SSSR count). The maximum Gasteiger partial charge on any atom is 0.265 e. The highest BCUT2D eigenvalue weighted by Gasteiger charge is 2.31. The van der Waals surface area contributed by atoms with Crippen LogP contribution in [0.15, 0.2) is 29.3 Å². The molecule has 1 heterocycles. The SMILES string of the molecule is CCNC(=NCC1(CCO)CCCCC1)NCCCN1C(=O)COc2ccccc21. The Morgan fingerprint density at radius 1 is 1.23 bits per heavy atom. The first-order valence-corrected chi connectivity index (χ1v) is 11.3. The summed E-state index contributed by atoms with van der Waals surface area (Å²) in [7, 11) is 0. The lowest BCUT2D eigenvalue weighted by atomic mass is 9.72. The molecule has 166 valence electrons. The summed E-state index contributed by atoms with van der Waals surface area (Å²) in [6.07, 6.45) is 7.69. The molecule has 1 aromatic rings. The minimum Gasteiger partial charge on any atom is -0.482 e. The number of anilines is 1. The fraction of sp³-hybridized carbons (Fsp3) is 0.652. The average molecular weight is 417 g/mol. The number of ether oxygens (including phenoxy) is 1.